The van der Waals surface area contributed by atoms with Crippen LogP contribution in [0.4, 0.5) is 0 Å². The van der Waals surface area contributed by atoms with Crippen molar-refractivity contribution >= 4 is 34.5 Å². The molecule has 0 aliphatic carbocycles. The molecule has 0 saturated heterocycles. The molecule has 0 aromatic carbocycles. The summed E-state index contributed by atoms with van der Waals surface area (Å²) in [6.07, 6.45) is 5.75. The number of fused-ring (bicyclic) bond motifs is 1. The lowest BCUT2D eigenvalue weighted by molar-refractivity contribution is 1.07. The van der Waals surface area contributed by atoms with E-state index in [2.05, 4.69) is 9.97 Å². The van der Waals surface area contributed by atoms with E-state index in [-0.39, 0.29) is 0 Å². The maximum atomic E-state index is 6.06. The number of rotatable bonds is 3. The van der Waals surface area contributed by atoms with Gasteiger partial charge in [-0.25, -0.2) is 4.98 Å². The molecular formula is C14H11ClN4S. The van der Waals surface area contributed by atoms with E-state index in [0.717, 1.165) is 22.6 Å². The summed E-state index contributed by atoms with van der Waals surface area (Å²) in [5.74, 6) is 0. The highest BCUT2D eigenvalue weighted by Crippen LogP contribution is 2.25. The summed E-state index contributed by atoms with van der Waals surface area (Å²) in [4.78, 5) is 9.08. The van der Waals surface area contributed by atoms with Crippen molar-refractivity contribution in [2.75, 3.05) is 0 Å². The van der Waals surface area contributed by atoms with Crippen LogP contribution >= 0.6 is 23.8 Å². The number of hydrogen-bond donors (Lipinski definition) is 1. The number of nitrogens with two attached hydrogens (primary N) is 1. The Morgan fingerprint density at radius 3 is 2.70 bits per heavy atom. The Balaban J connectivity index is 2.28. The van der Waals surface area contributed by atoms with E-state index in [1.165, 1.54) is 0 Å². The third-order valence-corrected chi connectivity index (χ3v) is 3.34. The number of thiocarbonyl (C=S) groups is 1. The van der Waals surface area contributed by atoms with Crippen molar-refractivity contribution in [1.82, 2.24) is 14.4 Å². The second-order valence-corrected chi connectivity index (χ2v) is 5.32. The van der Waals surface area contributed by atoms with Crippen LogP contribution in [0.15, 0.2) is 42.9 Å². The minimum atomic E-state index is 0.419. The summed E-state index contributed by atoms with van der Waals surface area (Å²) in [5, 5.41) is 0.639. The molecule has 100 valence electrons. The predicted molar refractivity (Wildman–Crippen MR) is 83.9 cm³/mol. The molecule has 0 saturated carbocycles. The van der Waals surface area contributed by atoms with Crippen LogP contribution in [-0.4, -0.2) is 19.4 Å². The SMILES string of the molecule is NC(=S)Cc1c(-c2ccncc2)nc2ccc(Cl)cn12. The zero-order valence-corrected chi connectivity index (χ0v) is 12.0. The average molecular weight is 303 g/mol. The van der Waals surface area contributed by atoms with Crippen LogP contribution in [-0.2, 0) is 6.42 Å². The molecule has 3 heterocycles. The summed E-state index contributed by atoms with van der Waals surface area (Å²) in [6.45, 7) is 0. The van der Waals surface area contributed by atoms with Gasteiger partial charge in [0.1, 0.15) is 5.65 Å². The van der Waals surface area contributed by atoms with Crippen LogP contribution in [0.3, 0.4) is 0 Å². The van der Waals surface area contributed by atoms with Gasteiger partial charge < -0.3 is 10.1 Å². The second kappa shape index (κ2) is 5.19. The smallest absolute Gasteiger partial charge is 0.137 e. The molecule has 3 rings (SSSR count). The maximum absolute atomic E-state index is 6.06. The molecule has 3 aromatic rings. The molecule has 0 spiro atoms. The Morgan fingerprint density at radius 2 is 2.00 bits per heavy atom. The molecule has 0 bridgehead atoms. The molecule has 0 unspecified atom stereocenters. The first-order chi connectivity index (χ1) is 9.65. The number of nitrogens with zero attached hydrogens (tertiary/aromatic N) is 3. The summed E-state index contributed by atoms with van der Waals surface area (Å²) < 4.78 is 1.93. The number of aromatic nitrogens is 3. The summed E-state index contributed by atoms with van der Waals surface area (Å²) in [6, 6.07) is 7.50. The van der Waals surface area contributed by atoms with Gasteiger partial charge in [-0.1, -0.05) is 23.8 Å². The summed E-state index contributed by atoms with van der Waals surface area (Å²) in [5.41, 5.74) is 9.28. The summed E-state index contributed by atoms with van der Waals surface area (Å²) in [7, 11) is 0. The fourth-order valence-electron chi connectivity index (χ4n) is 2.14. The van der Waals surface area contributed by atoms with Gasteiger partial charge in [0.05, 0.1) is 21.4 Å². The first kappa shape index (κ1) is 13.0. The molecule has 6 heteroatoms. The largest absolute Gasteiger partial charge is 0.393 e. The number of hydrogen-bond acceptors (Lipinski definition) is 3. The van der Waals surface area contributed by atoms with Gasteiger partial charge in [0.25, 0.3) is 0 Å². The van der Waals surface area contributed by atoms with Crippen LogP contribution < -0.4 is 5.73 Å². The molecular weight excluding hydrogens is 292 g/mol. The first-order valence-electron chi connectivity index (χ1n) is 6.00. The summed E-state index contributed by atoms with van der Waals surface area (Å²) >= 11 is 11.1. The van der Waals surface area contributed by atoms with Gasteiger partial charge in [0.2, 0.25) is 0 Å². The highest BCUT2D eigenvalue weighted by Gasteiger charge is 2.14. The van der Waals surface area contributed by atoms with Crippen molar-refractivity contribution in [3.63, 3.8) is 0 Å². The van der Waals surface area contributed by atoms with Crippen molar-refractivity contribution in [3.05, 3.63) is 53.6 Å². The standard InChI is InChI=1S/C14H11ClN4S/c15-10-1-2-13-18-14(9-3-5-17-6-4-9)11(7-12(16)20)19(13)8-10/h1-6,8H,7H2,(H2,16,20). The number of halogens is 1. The Morgan fingerprint density at radius 1 is 1.25 bits per heavy atom. The monoisotopic (exact) mass is 302 g/mol. The van der Waals surface area contributed by atoms with Gasteiger partial charge in [0, 0.05) is 30.6 Å². The molecule has 3 aromatic heterocycles. The Labute approximate surface area is 126 Å². The third-order valence-electron chi connectivity index (χ3n) is 2.98. The van der Waals surface area contributed by atoms with Gasteiger partial charge in [-0.05, 0) is 24.3 Å². The van der Waals surface area contributed by atoms with Crippen molar-refractivity contribution in [2.45, 2.75) is 6.42 Å². The molecule has 0 amide bonds. The Hall–Kier alpha value is -1.98. The van der Waals surface area contributed by atoms with Crippen LogP contribution in [0, 0.1) is 0 Å². The van der Waals surface area contributed by atoms with Crippen LogP contribution in [0.2, 0.25) is 5.02 Å². The van der Waals surface area contributed by atoms with E-state index in [4.69, 9.17) is 29.6 Å². The van der Waals surface area contributed by atoms with Gasteiger partial charge in [-0.15, -0.1) is 0 Å². The number of imidazole rings is 1. The highest BCUT2D eigenvalue weighted by molar-refractivity contribution is 7.80. The lowest BCUT2D eigenvalue weighted by Gasteiger charge is -2.04. The maximum Gasteiger partial charge on any atom is 0.137 e. The topological polar surface area (TPSA) is 56.2 Å². The predicted octanol–water partition coefficient (Wildman–Crippen LogP) is 2.88. The fraction of sp³-hybridized carbons (Fsp3) is 0.0714. The zero-order valence-electron chi connectivity index (χ0n) is 10.5. The van der Waals surface area contributed by atoms with Crippen molar-refractivity contribution in [1.29, 1.82) is 0 Å². The van der Waals surface area contributed by atoms with E-state index in [0.29, 0.717) is 16.4 Å². The van der Waals surface area contributed by atoms with Crippen LogP contribution in [0.5, 0.6) is 0 Å². The van der Waals surface area contributed by atoms with Crippen LogP contribution in [0.25, 0.3) is 16.9 Å². The molecule has 0 aliphatic heterocycles. The van der Waals surface area contributed by atoms with Gasteiger partial charge in [0.15, 0.2) is 0 Å². The van der Waals surface area contributed by atoms with E-state index >= 15 is 0 Å². The second-order valence-electron chi connectivity index (χ2n) is 4.36. The molecule has 4 nitrogen and oxygen atoms in total. The molecule has 0 fully saturated rings. The first-order valence-corrected chi connectivity index (χ1v) is 6.79. The minimum Gasteiger partial charge on any atom is -0.393 e. The third kappa shape index (κ3) is 2.37. The molecule has 20 heavy (non-hydrogen) atoms. The fourth-order valence-corrected chi connectivity index (χ4v) is 2.44. The highest BCUT2D eigenvalue weighted by atomic mass is 35.5. The molecule has 0 atom stereocenters. The van der Waals surface area contributed by atoms with Crippen molar-refractivity contribution < 1.29 is 0 Å². The van der Waals surface area contributed by atoms with Crippen LogP contribution in [0.1, 0.15) is 5.69 Å². The quantitative estimate of drug-likeness (QED) is 0.756. The van der Waals surface area contributed by atoms with E-state index in [1.807, 2.05) is 34.9 Å². The molecule has 0 radical (unpaired) electrons. The number of pyridine rings is 2. The van der Waals surface area contributed by atoms with E-state index in [1.54, 1.807) is 12.4 Å². The molecule has 0 aliphatic rings. The van der Waals surface area contributed by atoms with Gasteiger partial charge in [-0.2, -0.15) is 0 Å². The van der Waals surface area contributed by atoms with E-state index in [9.17, 15) is 0 Å². The lowest BCUT2D eigenvalue weighted by Crippen LogP contribution is -2.13. The average Bonchev–Trinajstić information content (AvgIpc) is 2.77. The molecule has 2 N–H and O–H groups in total. The van der Waals surface area contributed by atoms with Gasteiger partial charge in [-0.3, -0.25) is 4.98 Å². The van der Waals surface area contributed by atoms with Gasteiger partial charge >= 0.3 is 0 Å². The Bertz CT molecular complexity index is 782. The lowest BCUT2D eigenvalue weighted by atomic mass is 10.1. The Kier molecular flexibility index (Phi) is 3.38. The minimum absolute atomic E-state index is 0.419. The van der Waals surface area contributed by atoms with E-state index < -0.39 is 0 Å². The van der Waals surface area contributed by atoms with Crippen molar-refractivity contribution in [3.8, 4) is 11.3 Å². The zero-order chi connectivity index (χ0) is 14.1. The van der Waals surface area contributed by atoms with Crippen molar-refractivity contribution in [2.24, 2.45) is 5.73 Å². The normalized spacial score (nSPS) is 10.8.